The van der Waals surface area contributed by atoms with Gasteiger partial charge in [0, 0.05) is 12.6 Å². The van der Waals surface area contributed by atoms with Crippen LogP contribution in [0.4, 0.5) is 0 Å². The molecule has 0 unspecified atom stereocenters. The van der Waals surface area contributed by atoms with Crippen LogP contribution in [0.2, 0.25) is 0 Å². The molecule has 0 aromatic rings. The van der Waals surface area contributed by atoms with Gasteiger partial charge in [-0.15, -0.1) is 0 Å². The van der Waals surface area contributed by atoms with Crippen LogP contribution in [0.25, 0.3) is 0 Å². The number of nitrogens with zero attached hydrogens (tertiary/aromatic N) is 1. The minimum absolute atomic E-state index is 0.311. The van der Waals surface area contributed by atoms with Gasteiger partial charge < -0.3 is 15.3 Å². The van der Waals surface area contributed by atoms with Crippen LogP contribution in [0.5, 0.6) is 0 Å². The van der Waals surface area contributed by atoms with E-state index in [0.717, 1.165) is 18.5 Å². The van der Waals surface area contributed by atoms with Crippen LogP contribution in [-0.2, 0) is 0 Å². The lowest BCUT2D eigenvalue weighted by Crippen LogP contribution is -2.42. The normalized spacial score (nSPS) is 25.4. The van der Waals surface area contributed by atoms with E-state index in [1.807, 2.05) is 0 Å². The van der Waals surface area contributed by atoms with Gasteiger partial charge in [-0.05, 0) is 51.2 Å². The van der Waals surface area contributed by atoms with Crippen molar-refractivity contribution in [2.24, 2.45) is 5.92 Å². The molecule has 0 aromatic carbocycles. The van der Waals surface area contributed by atoms with Gasteiger partial charge in [0.05, 0.1) is 6.61 Å². The number of hydrogen-bond donors (Lipinski definition) is 2. The van der Waals surface area contributed by atoms with Gasteiger partial charge in [0.25, 0.3) is 0 Å². The number of nitrogens with one attached hydrogen (secondary N) is 1. The van der Waals surface area contributed by atoms with Crippen LogP contribution < -0.4 is 5.32 Å². The molecule has 2 N–H and O–H groups in total. The number of aliphatic hydroxyl groups is 1. The molecular weight excluding hydrogens is 188 g/mol. The molecule has 0 spiro atoms. The maximum absolute atomic E-state index is 8.85. The Morgan fingerprint density at radius 3 is 2.40 bits per heavy atom. The standard InChI is InChI=1S/C12H24N2O/c15-9-8-14-6-4-11(5-7-14)10-13-12-2-1-3-12/h11-13,15H,1-10H2. The molecule has 0 bridgehead atoms. The lowest BCUT2D eigenvalue weighted by atomic mass is 9.91. The molecule has 0 atom stereocenters. The van der Waals surface area contributed by atoms with Crippen LogP contribution in [0.1, 0.15) is 32.1 Å². The molecule has 2 rings (SSSR count). The summed E-state index contributed by atoms with van der Waals surface area (Å²) in [5.41, 5.74) is 0. The average molecular weight is 212 g/mol. The van der Waals surface area contributed by atoms with Crippen LogP contribution in [0.3, 0.4) is 0 Å². The molecule has 88 valence electrons. The lowest BCUT2D eigenvalue weighted by Gasteiger charge is -2.34. The second-order valence-electron chi connectivity index (χ2n) is 5.04. The molecule has 2 aliphatic rings. The number of hydrogen-bond acceptors (Lipinski definition) is 3. The zero-order valence-electron chi connectivity index (χ0n) is 9.62. The molecule has 15 heavy (non-hydrogen) atoms. The SMILES string of the molecule is OCCN1CCC(CNC2CCC2)CC1. The molecule has 0 radical (unpaired) electrons. The van der Waals surface area contributed by atoms with Gasteiger partial charge in [0.1, 0.15) is 0 Å². The van der Waals surface area contributed by atoms with E-state index in [0.29, 0.717) is 6.61 Å². The van der Waals surface area contributed by atoms with Crippen molar-refractivity contribution in [1.82, 2.24) is 10.2 Å². The summed E-state index contributed by atoms with van der Waals surface area (Å²) in [6.07, 6.45) is 6.82. The van der Waals surface area contributed by atoms with E-state index in [-0.39, 0.29) is 0 Å². The van der Waals surface area contributed by atoms with Gasteiger partial charge in [-0.25, -0.2) is 0 Å². The Bertz CT molecular complexity index is 174. The van der Waals surface area contributed by atoms with Crippen LogP contribution in [0, 0.1) is 5.92 Å². The fourth-order valence-electron chi connectivity index (χ4n) is 2.50. The number of rotatable bonds is 5. The van der Waals surface area contributed by atoms with Crippen LogP contribution in [-0.4, -0.2) is 48.8 Å². The minimum atomic E-state index is 0.311. The van der Waals surface area contributed by atoms with E-state index in [1.54, 1.807) is 0 Å². The summed E-state index contributed by atoms with van der Waals surface area (Å²) in [5.74, 6) is 0.876. The van der Waals surface area contributed by atoms with Crippen molar-refractivity contribution in [2.75, 3.05) is 32.8 Å². The first-order valence-corrected chi connectivity index (χ1v) is 6.45. The summed E-state index contributed by atoms with van der Waals surface area (Å²) >= 11 is 0. The highest BCUT2D eigenvalue weighted by molar-refractivity contribution is 4.80. The second kappa shape index (κ2) is 5.83. The molecular formula is C12H24N2O. The second-order valence-corrected chi connectivity index (χ2v) is 5.04. The van der Waals surface area contributed by atoms with Crippen molar-refractivity contribution in [1.29, 1.82) is 0 Å². The molecule has 0 aromatic heterocycles. The van der Waals surface area contributed by atoms with Crippen molar-refractivity contribution in [3.8, 4) is 0 Å². The van der Waals surface area contributed by atoms with Crippen LogP contribution in [0.15, 0.2) is 0 Å². The van der Waals surface area contributed by atoms with Crippen LogP contribution >= 0.6 is 0 Å². The van der Waals surface area contributed by atoms with Gasteiger partial charge in [-0.2, -0.15) is 0 Å². The quantitative estimate of drug-likeness (QED) is 0.708. The Balaban J connectivity index is 1.56. The maximum Gasteiger partial charge on any atom is 0.0558 e. The van der Waals surface area contributed by atoms with Gasteiger partial charge in [0.2, 0.25) is 0 Å². The Hall–Kier alpha value is -0.120. The van der Waals surface area contributed by atoms with E-state index in [2.05, 4.69) is 10.2 Å². The summed E-state index contributed by atoms with van der Waals surface area (Å²) in [6, 6.07) is 0.834. The fourth-order valence-corrected chi connectivity index (χ4v) is 2.50. The Morgan fingerprint density at radius 1 is 1.13 bits per heavy atom. The fraction of sp³-hybridized carbons (Fsp3) is 1.00. The topological polar surface area (TPSA) is 35.5 Å². The third-order valence-electron chi connectivity index (χ3n) is 3.92. The van der Waals surface area contributed by atoms with E-state index in [9.17, 15) is 0 Å². The van der Waals surface area contributed by atoms with Crippen molar-refractivity contribution in [3.63, 3.8) is 0 Å². The first-order chi connectivity index (χ1) is 7.38. The Morgan fingerprint density at radius 2 is 1.87 bits per heavy atom. The van der Waals surface area contributed by atoms with Crippen molar-refractivity contribution in [2.45, 2.75) is 38.1 Å². The minimum Gasteiger partial charge on any atom is -0.395 e. The van der Waals surface area contributed by atoms with E-state index >= 15 is 0 Å². The number of piperidine rings is 1. The summed E-state index contributed by atoms with van der Waals surface area (Å²) in [7, 11) is 0. The Labute approximate surface area is 92.8 Å². The van der Waals surface area contributed by atoms with Gasteiger partial charge in [-0.1, -0.05) is 6.42 Å². The van der Waals surface area contributed by atoms with E-state index in [1.165, 1.54) is 51.7 Å². The van der Waals surface area contributed by atoms with E-state index in [4.69, 9.17) is 5.11 Å². The van der Waals surface area contributed by atoms with Crippen molar-refractivity contribution in [3.05, 3.63) is 0 Å². The first-order valence-electron chi connectivity index (χ1n) is 6.45. The highest BCUT2D eigenvalue weighted by Crippen LogP contribution is 2.20. The van der Waals surface area contributed by atoms with E-state index < -0.39 is 0 Å². The molecule has 1 saturated carbocycles. The maximum atomic E-state index is 8.85. The van der Waals surface area contributed by atoms with Gasteiger partial charge in [0.15, 0.2) is 0 Å². The number of aliphatic hydroxyl groups excluding tert-OH is 1. The largest absolute Gasteiger partial charge is 0.395 e. The highest BCUT2D eigenvalue weighted by atomic mass is 16.3. The lowest BCUT2D eigenvalue weighted by molar-refractivity contribution is 0.143. The van der Waals surface area contributed by atoms with Crippen molar-refractivity contribution < 1.29 is 5.11 Å². The molecule has 3 heteroatoms. The molecule has 3 nitrogen and oxygen atoms in total. The zero-order valence-corrected chi connectivity index (χ0v) is 9.62. The third kappa shape index (κ3) is 3.44. The Kier molecular flexibility index (Phi) is 4.42. The molecule has 1 saturated heterocycles. The molecule has 1 aliphatic heterocycles. The van der Waals surface area contributed by atoms with Gasteiger partial charge >= 0.3 is 0 Å². The number of β-amino-alcohol motifs (C(OH)–C–C–N with tert-alkyl or cyclic N) is 1. The molecule has 0 amide bonds. The molecule has 1 aliphatic carbocycles. The summed E-state index contributed by atoms with van der Waals surface area (Å²) in [5, 5.41) is 12.5. The highest BCUT2D eigenvalue weighted by Gasteiger charge is 2.21. The molecule has 2 fully saturated rings. The predicted octanol–water partition coefficient (Wildman–Crippen LogP) is 0.833. The summed E-state index contributed by atoms with van der Waals surface area (Å²) in [4.78, 5) is 2.37. The summed E-state index contributed by atoms with van der Waals surface area (Å²) < 4.78 is 0. The average Bonchev–Trinajstić information content (AvgIpc) is 2.19. The molecule has 1 heterocycles. The van der Waals surface area contributed by atoms with Crippen molar-refractivity contribution >= 4 is 0 Å². The predicted molar refractivity (Wildman–Crippen MR) is 61.9 cm³/mol. The summed E-state index contributed by atoms with van der Waals surface area (Å²) in [6.45, 7) is 4.75. The monoisotopic (exact) mass is 212 g/mol. The van der Waals surface area contributed by atoms with Gasteiger partial charge in [-0.3, -0.25) is 0 Å². The third-order valence-corrected chi connectivity index (χ3v) is 3.92. The first kappa shape index (κ1) is 11.4. The number of likely N-dealkylation sites (tertiary alicyclic amines) is 1. The smallest absolute Gasteiger partial charge is 0.0558 e. The zero-order chi connectivity index (χ0) is 10.5.